The summed E-state index contributed by atoms with van der Waals surface area (Å²) in [6, 6.07) is 9.96. The lowest BCUT2D eigenvalue weighted by molar-refractivity contribution is -0.116. The zero-order chi connectivity index (χ0) is 19.7. The molecule has 6 heteroatoms. The van der Waals surface area contributed by atoms with Gasteiger partial charge in [0, 0.05) is 44.2 Å². The standard InChI is InChI=1S/C22H22N4O2/c1-14-9-18(13-26(2)22(14)28)17-10-16-3-4-20(27)25-21(16)19(11-17)24-12-15-5-7-23-8-6-15/h5-11,13,24H,3-4,12H2,1-2H3,(H,25,27). The monoisotopic (exact) mass is 374 g/mol. The summed E-state index contributed by atoms with van der Waals surface area (Å²) < 4.78 is 1.61. The van der Waals surface area contributed by atoms with Crippen LogP contribution in [0.3, 0.4) is 0 Å². The molecule has 142 valence electrons. The van der Waals surface area contributed by atoms with Gasteiger partial charge in [-0.05, 0) is 65.9 Å². The maximum Gasteiger partial charge on any atom is 0.253 e. The molecule has 0 aliphatic carbocycles. The van der Waals surface area contributed by atoms with Crippen molar-refractivity contribution in [2.24, 2.45) is 7.05 Å². The molecule has 0 saturated carbocycles. The first-order valence-electron chi connectivity index (χ1n) is 9.28. The largest absolute Gasteiger partial charge is 0.379 e. The van der Waals surface area contributed by atoms with Crippen molar-refractivity contribution >= 4 is 17.3 Å². The number of aryl methyl sites for hydroxylation is 3. The number of carbonyl (C=O) groups is 1. The quantitative estimate of drug-likeness (QED) is 0.735. The number of benzene rings is 1. The lowest BCUT2D eigenvalue weighted by Crippen LogP contribution is -2.21. The molecule has 0 atom stereocenters. The van der Waals surface area contributed by atoms with E-state index in [1.165, 1.54) is 0 Å². The second-order valence-electron chi connectivity index (χ2n) is 7.14. The smallest absolute Gasteiger partial charge is 0.253 e. The second-order valence-corrected chi connectivity index (χ2v) is 7.14. The van der Waals surface area contributed by atoms with E-state index in [0.717, 1.165) is 33.6 Å². The number of hydrogen-bond donors (Lipinski definition) is 2. The molecule has 0 unspecified atom stereocenters. The van der Waals surface area contributed by atoms with Gasteiger partial charge in [0.05, 0.1) is 11.4 Å². The summed E-state index contributed by atoms with van der Waals surface area (Å²) in [5.74, 6) is 0.0326. The molecule has 3 aromatic rings. The molecule has 2 N–H and O–H groups in total. The third kappa shape index (κ3) is 3.53. The Morgan fingerprint density at radius 1 is 1.11 bits per heavy atom. The number of nitrogens with zero attached hydrogens (tertiary/aromatic N) is 2. The molecule has 3 heterocycles. The van der Waals surface area contributed by atoms with Crippen molar-refractivity contribution in [1.82, 2.24) is 9.55 Å². The second kappa shape index (κ2) is 7.31. The highest BCUT2D eigenvalue weighted by Gasteiger charge is 2.20. The Kier molecular flexibility index (Phi) is 4.69. The minimum absolute atomic E-state index is 0.00464. The molecule has 1 aliphatic rings. The van der Waals surface area contributed by atoms with Crippen LogP contribution in [0.25, 0.3) is 11.1 Å². The van der Waals surface area contributed by atoms with E-state index < -0.39 is 0 Å². The Morgan fingerprint density at radius 3 is 2.64 bits per heavy atom. The van der Waals surface area contributed by atoms with Gasteiger partial charge in [0.2, 0.25) is 5.91 Å². The fourth-order valence-electron chi connectivity index (χ4n) is 3.54. The summed E-state index contributed by atoms with van der Waals surface area (Å²) in [7, 11) is 1.76. The first-order chi connectivity index (χ1) is 13.5. The third-order valence-electron chi connectivity index (χ3n) is 5.03. The van der Waals surface area contributed by atoms with Gasteiger partial charge < -0.3 is 15.2 Å². The number of fused-ring (bicyclic) bond motifs is 1. The number of anilines is 2. The molecule has 0 spiro atoms. The van der Waals surface area contributed by atoms with E-state index in [9.17, 15) is 9.59 Å². The average molecular weight is 374 g/mol. The Hall–Kier alpha value is -3.41. The van der Waals surface area contributed by atoms with Gasteiger partial charge in [-0.2, -0.15) is 0 Å². The van der Waals surface area contributed by atoms with Gasteiger partial charge in [-0.3, -0.25) is 14.6 Å². The normalized spacial score (nSPS) is 13.0. The van der Waals surface area contributed by atoms with Crippen molar-refractivity contribution in [2.45, 2.75) is 26.3 Å². The van der Waals surface area contributed by atoms with Crippen molar-refractivity contribution in [3.63, 3.8) is 0 Å². The van der Waals surface area contributed by atoms with E-state index in [1.807, 2.05) is 37.4 Å². The predicted octanol–water partition coefficient (Wildman–Crippen LogP) is 3.25. The molecule has 6 nitrogen and oxygen atoms in total. The lowest BCUT2D eigenvalue weighted by Gasteiger charge is -2.23. The first-order valence-corrected chi connectivity index (χ1v) is 9.28. The first kappa shape index (κ1) is 18.0. The van der Waals surface area contributed by atoms with Crippen LogP contribution in [-0.2, 0) is 24.8 Å². The molecule has 0 bridgehead atoms. The molecule has 4 rings (SSSR count). The summed E-state index contributed by atoms with van der Waals surface area (Å²) in [5, 5.41) is 6.46. The molecule has 28 heavy (non-hydrogen) atoms. The van der Waals surface area contributed by atoms with Crippen molar-refractivity contribution < 1.29 is 4.79 Å². The van der Waals surface area contributed by atoms with E-state index in [-0.39, 0.29) is 11.5 Å². The van der Waals surface area contributed by atoms with Gasteiger partial charge in [-0.15, -0.1) is 0 Å². The van der Waals surface area contributed by atoms with Crippen LogP contribution >= 0.6 is 0 Å². The maximum absolute atomic E-state index is 12.0. The summed E-state index contributed by atoms with van der Waals surface area (Å²) >= 11 is 0. The molecule has 0 radical (unpaired) electrons. The van der Waals surface area contributed by atoms with E-state index in [1.54, 1.807) is 24.0 Å². The lowest BCUT2D eigenvalue weighted by atomic mass is 9.95. The van der Waals surface area contributed by atoms with Crippen LogP contribution in [-0.4, -0.2) is 15.5 Å². The molecule has 0 fully saturated rings. The number of pyridine rings is 2. The summed E-state index contributed by atoms with van der Waals surface area (Å²) in [6.07, 6.45) is 6.55. The number of rotatable bonds is 4. The van der Waals surface area contributed by atoms with Crippen LogP contribution in [0.4, 0.5) is 11.4 Å². The number of hydrogen-bond acceptors (Lipinski definition) is 4. The highest BCUT2D eigenvalue weighted by molar-refractivity contribution is 5.98. The molecular formula is C22H22N4O2. The highest BCUT2D eigenvalue weighted by atomic mass is 16.1. The number of carbonyl (C=O) groups excluding carboxylic acids is 1. The van der Waals surface area contributed by atoms with Gasteiger partial charge >= 0.3 is 0 Å². The van der Waals surface area contributed by atoms with Gasteiger partial charge in [-0.25, -0.2) is 0 Å². The van der Waals surface area contributed by atoms with Crippen LogP contribution in [0, 0.1) is 6.92 Å². The third-order valence-corrected chi connectivity index (χ3v) is 5.03. The summed E-state index contributed by atoms with van der Waals surface area (Å²) in [6.45, 7) is 2.45. The molecule has 2 aromatic heterocycles. The molecule has 1 amide bonds. The highest BCUT2D eigenvalue weighted by Crippen LogP contribution is 2.36. The van der Waals surface area contributed by atoms with Crippen molar-refractivity contribution in [1.29, 1.82) is 0 Å². The Labute approximate surface area is 163 Å². The minimum atomic E-state index is 0.00464. The van der Waals surface area contributed by atoms with Crippen LogP contribution in [0.2, 0.25) is 0 Å². The predicted molar refractivity (Wildman–Crippen MR) is 110 cm³/mol. The van der Waals surface area contributed by atoms with Gasteiger partial charge in [0.25, 0.3) is 5.56 Å². The SMILES string of the molecule is Cc1cc(-c2cc3c(c(NCc4ccncc4)c2)NC(=O)CC3)cn(C)c1=O. The van der Waals surface area contributed by atoms with Crippen LogP contribution in [0.1, 0.15) is 23.1 Å². The Bertz CT molecular complexity index is 1080. The number of aromatic nitrogens is 2. The van der Waals surface area contributed by atoms with E-state index in [2.05, 4.69) is 21.7 Å². The van der Waals surface area contributed by atoms with E-state index in [4.69, 9.17) is 0 Å². The topological polar surface area (TPSA) is 76.0 Å². The minimum Gasteiger partial charge on any atom is -0.379 e. The van der Waals surface area contributed by atoms with Crippen molar-refractivity contribution in [2.75, 3.05) is 10.6 Å². The van der Waals surface area contributed by atoms with Crippen molar-refractivity contribution in [3.8, 4) is 11.1 Å². The van der Waals surface area contributed by atoms with Gasteiger partial charge in [0.15, 0.2) is 0 Å². The van der Waals surface area contributed by atoms with Crippen LogP contribution in [0.15, 0.2) is 53.7 Å². The van der Waals surface area contributed by atoms with Gasteiger partial charge in [0.1, 0.15) is 0 Å². The Balaban J connectivity index is 1.76. The molecule has 1 aromatic carbocycles. The zero-order valence-electron chi connectivity index (χ0n) is 16.0. The van der Waals surface area contributed by atoms with Crippen LogP contribution < -0.4 is 16.2 Å². The van der Waals surface area contributed by atoms with Crippen molar-refractivity contribution in [3.05, 3.63) is 76.0 Å². The van der Waals surface area contributed by atoms with Gasteiger partial charge in [-0.1, -0.05) is 0 Å². The summed E-state index contributed by atoms with van der Waals surface area (Å²) in [4.78, 5) is 28.0. The fourth-order valence-corrected chi connectivity index (χ4v) is 3.54. The number of nitrogens with one attached hydrogen (secondary N) is 2. The zero-order valence-corrected chi connectivity index (χ0v) is 16.0. The fraction of sp³-hybridized carbons (Fsp3) is 0.227. The van der Waals surface area contributed by atoms with Crippen LogP contribution in [0.5, 0.6) is 0 Å². The average Bonchev–Trinajstić information content (AvgIpc) is 2.70. The molecule has 1 aliphatic heterocycles. The van der Waals surface area contributed by atoms with E-state index in [0.29, 0.717) is 24.9 Å². The molecular weight excluding hydrogens is 352 g/mol. The Morgan fingerprint density at radius 2 is 1.89 bits per heavy atom. The van der Waals surface area contributed by atoms with E-state index >= 15 is 0 Å². The summed E-state index contributed by atoms with van der Waals surface area (Å²) in [5.41, 5.74) is 6.63. The number of amides is 1. The molecule has 0 saturated heterocycles. The maximum atomic E-state index is 12.0.